The van der Waals surface area contributed by atoms with Gasteiger partial charge in [0.05, 0.1) is 5.69 Å². The van der Waals surface area contributed by atoms with Crippen molar-refractivity contribution in [2.75, 3.05) is 11.9 Å². The van der Waals surface area contributed by atoms with E-state index >= 15 is 0 Å². The minimum Gasteiger partial charge on any atom is -0.340 e. The van der Waals surface area contributed by atoms with Crippen molar-refractivity contribution >= 4 is 17.5 Å². The fourth-order valence-electron chi connectivity index (χ4n) is 3.19. The summed E-state index contributed by atoms with van der Waals surface area (Å²) in [5.41, 5.74) is 2.18. The molecule has 2 amide bonds. The van der Waals surface area contributed by atoms with Crippen LogP contribution < -0.4 is 16.0 Å². The number of hydrogen-bond donors (Lipinski definition) is 3. The number of carbonyl (C=O) groups excluding carboxylic acids is 2. The highest BCUT2D eigenvalue weighted by molar-refractivity contribution is 6.01. The number of halogens is 1. The van der Waals surface area contributed by atoms with Crippen LogP contribution in [0.4, 0.5) is 10.1 Å². The highest BCUT2D eigenvalue weighted by atomic mass is 19.1. The molecule has 1 aliphatic rings. The van der Waals surface area contributed by atoms with Crippen molar-refractivity contribution in [1.82, 2.24) is 10.6 Å². The highest BCUT2D eigenvalue weighted by Gasteiger charge is 2.26. The minimum absolute atomic E-state index is 0.150. The van der Waals surface area contributed by atoms with Crippen LogP contribution in [-0.4, -0.2) is 24.4 Å². The number of rotatable bonds is 5. The van der Waals surface area contributed by atoms with E-state index in [-0.39, 0.29) is 23.3 Å². The van der Waals surface area contributed by atoms with Gasteiger partial charge in [-0.3, -0.25) is 9.59 Å². The molecule has 6 heteroatoms. The minimum atomic E-state index is -0.769. The normalized spacial score (nSPS) is 14.4. The standard InChI is InChI=1S/C21H24FN3O2/c1-13(2)19(25-20(26)14-6-4-3-5-7-14)21(27)24-17-9-8-15-12-23-11-10-16(15)18(17)22/h3-9,13,19,23H,10-12H2,1-2H3,(H,24,27)(H,25,26). The third kappa shape index (κ3) is 4.34. The van der Waals surface area contributed by atoms with Crippen molar-refractivity contribution in [2.45, 2.75) is 32.9 Å². The van der Waals surface area contributed by atoms with E-state index in [9.17, 15) is 14.0 Å². The van der Waals surface area contributed by atoms with E-state index in [1.165, 1.54) is 0 Å². The van der Waals surface area contributed by atoms with Gasteiger partial charge in [-0.25, -0.2) is 4.39 Å². The average Bonchev–Trinajstić information content (AvgIpc) is 2.68. The van der Waals surface area contributed by atoms with Crippen LogP contribution in [0.1, 0.15) is 35.3 Å². The number of nitrogens with one attached hydrogen (secondary N) is 3. The molecule has 3 rings (SSSR count). The first-order valence-corrected chi connectivity index (χ1v) is 9.15. The molecule has 0 saturated heterocycles. The Morgan fingerprint density at radius 3 is 2.56 bits per heavy atom. The summed E-state index contributed by atoms with van der Waals surface area (Å²) < 4.78 is 14.8. The van der Waals surface area contributed by atoms with Crippen LogP contribution in [0.15, 0.2) is 42.5 Å². The summed E-state index contributed by atoms with van der Waals surface area (Å²) in [4.78, 5) is 25.1. The smallest absolute Gasteiger partial charge is 0.251 e. The second-order valence-electron chi connectivity index (χ2n) is 7.04. The second kappa shape index (κ2) is 8.31. The van der Waals surface area contributed by atoms with Gasteiger partial charge in [0.15, 0.2) is 0 Å². The van der Waals surface area contributed by atoms with Crippen LogP contribution in [0.5, 0.6) is 0 Å². The fourth-order valence-corrected chi connectivity index (χ4v) is 3.19. The van der Waals surface area contributed by atoms with Gasteiger partial charge in [0.25, 0.3) is 5.91 Å². The van der Waals surface area contributed by atoms with E-state index in [2.05, 4.69) is 16.0 Å². The summed E-state index contributed by atoms with van der Waals surface area (Å²) >= 11 is 0. The predicted octanol–water partition coefficient (Wildman–Crippen LogP) is 2.86. The fraction of sp³-hybridized carbons (Fsp3) is 0.333. The molecule has 2 aromatic rings. The van der Waals surface area contributed by atoms with Crippen LogP contribution in [0.2, 0.25) is 0 Å². The summed E-state index contributed by atoms with van der Waals surface area (Å²) in [6.45, 7) is 5.01. The third-order valence-electron chi connectivity index (χ3n) is 4.74. The molecular formula is C21H24FN3O2. The van der Waals surface area contributed by atoms with Crippen LogP contribution in [0, 0.1) is 11.7 Å². The SMILES string of the molecule is CC(C)C(NC(=O)c1ccccc1)C(=O)Nc1ccc2c(c1F)CCNC2. The van der Waals surface area contributed by atoms with E-state index in [1.54, 1.807) is 30.3 Å². The molecule has 5 nitrogen and oxygen atoms in total. The predicted molar refractivity (Wildman–Crippen MR) is 103 cm³/mol. The Morgan fingerprint density at radius 2 is 1.85 bits per heavy atom. The van der Waals surface area contributed by atoms with Gasteiger partial charge in [0.2, 0.25) is 5.91 Å². The molecule has 0 aromatic heterocycles. The summed E-state index contributed by atoms with van der Waals surface area (Å²) in [7, 11) is 0. The maximum Gasteiger partial charge on any atom is 0.251 e. The molecule has 142 valence electrons. The second-order valence-corrected chi connectivity index (χ2v) is 7.04. The lowest BCUT2D eigenvalue weighted by atomic mass is 9.99. The van der Waals surface area contributed by atoms with Crippen molar-refractivity contribution < 1.29 is 14.0 Å². The van der Waals surface area contributed by atoms with Crippen molar-refractivity contribution in [1.29, 1.82) is 0 Å². The Bertz CT molecular complexity index is 837. The lowest BCUT2D eigenvalue weighted by Gasteiger charge is -2.23. The molecule has 0 radical (unpaired) electrons. The first kappa shape index (κ1) is 19.0. The summed E-state index contributed by atoms with van der Waals surface area (Å²) in [5, 5.41) is 8.60. The van der Waals surface area contributed by atoms with Crippen LogP contribution in [0.25, 0.3) is 0 Å². The first-order chi connectivity index (χ1) is 13.0. The average molecular weight is 369 g/mol. The largest absolute Gasteiger partial charge is 0.340 e. The molecule has 3 N–H and O–H groups in total. The van der Waals surface area contributed by atoms with Gasteiger partial charge in [0.1, 0.15) is 11.9 Å². The molecule has 1 heterocycles. The van der Waals surface area contributed by atoms with E-state index in [1.807, 2.05) is 26.0 Å². The van der Waals surface area contributed by atoms with Crippen molar-refractivity contribution in [3.05, 3.63) is 65.0 Å². The first-order valence-electron chi connectivity index (χ1n) is 9.15. The zero-order valence-electron chi connectivity index (χ0n) is 15.5. The van der Waals surface area contributed by atoms with Gasteiger partial charge in [-0.2, -0.15) is 0 Å². The summed E-state index contributed by atoms with van der Waals surface area (Å²) in [6.07, 6.45) is 0.587. The molecule has 0 spiro atoms. The zero-order chi connectivity index (χ0) is 19.4. The number of fused-ring (bicyclic) bond motifs is 1. The maximum atomic E-state index is 14.8. The van der Waals surface area contributed by atoms with Crippen LogP contribution >= 0.6 is 0 Å². The number of hydrogen-bond acceptors (Lipinski definition) is 3. The number of carbonyl (C=O) groups is 2. The molecule has 2 aromatic carbocycles. The Labute approximate surface area is 158 Å². The molecule has 27 heavy (non-hydrogen) atoms. The Kier molecular flexibility index (Phi) is 5.86. The van der Waals surface area contributed by atoms with Gasteiger partial charge in [-0.1, -0.05) is 38.1 Å². The van der Waals surface area contributed by atoms with E-state index in [0.29, 0.717) is 30.6 Å². The van der Waals surface area contributed by atoms with Gasteiger partial charge in [0, 0.05) is 12.1 Å². The quantitative estimate of drug-likeness (QED) is 0.759. The van der Waals surface area contributed by atoms with Gasteiger partial charge < -0.3 is 16.0 Å². The van der Waals surface area contributed by atoms with E-state index in [4.69, 9.17) is 0 Å². The Morgan fingerprint density at radius 1 is 1.11 bits per heavy atom. The highest BCUT2D eigenvalue weighted by Crippen LogP contribution is 2.25. The zero-order valence-corrected chi connectivity index (χ0v) is 15.5. The lowest BCUT2D eigenvalue weighted by molar-refractivity contribution is -0.118. The number of benzene rings is 2. The van der Waals surface area contributed by atoms with Crippen LogP contribution in [0.3, 0.4) is 0 Å². The maximum absolute atomic E-state index is 14.8. The molecule has 0 bridgehead atoms. The van der Waals surface area contributed by atoms with Gasteiger partial charge in [-0.15, -0.1) is 0 Å². The van der Waals surface area contributed by atoms with Crippen LogP contribution in [-0.2, 0) is 17.8 Å². The van der Waals surface area contributed by atoms with Crippen molar-refractivity contribution in [3.8, 4) is 0 Å². The van der Waals surface area contributed by atoms with Gasteiger partial charge in [-0.05, 0) is 48.2 Å². The van der Waals surface area contributed by atoms with E-state index < -0.39 is 11.9 Å². The van der Waals surface area contributed by atoms with Gasteiger partial charge >= 0.3 is 0 Å². The molecule has 0 fully saturated rings. The molecule has 0 saturated carbocycles. The number of anilines is 1. The molecule has 1 atom stereocenters. The topological polar surface area (TPSA) is 70.2 Å². The van der Waals surface area contributed by atoms with E-state index in [0.717, 1.165) is 5.56 Å². The molecular weight excluding hydrogens is 345 g/mol. The van der Waals surface area contributed by atoms with Crippen molar-refractivity contribution in [2.24, 2.45) is 5.92 Å². The lowest BCUT2D eigenvalue weighted by Crippen LogP contribution is -2.47. The molecule has 0 aliphatic carbocycles. The molecule has 1 aliphatic heterocycles. The molecule has 1 unspecified atom stereocenters. The van der Waals surface area contributed by atoms with Crippen molar-refractivity contribution in [3.63, 3.8) is 0 Å². The monoisotopic (exact) mass is 369 g/mol. The third-order valence-corrected chi connectivity index (χ3v) is 4.74. The number of amides is 2. The summed E-state index contributed by atoms with van der Waals surface area (Å²) in [6, 6.07) is 11.3. The Balaban J connectivity index is 1.75. The Hall–Kier alpha value is -2.73. The summed E-state index contributed by atoms with van der Waals surface area (Å²) in [5.74, 6) is -1.30.